The highest BCUT2D eigenvalue weighted by atomic mass is 16.3. The molecule has 1 aliphatic carbocycles. The number of hydrogen-bond acceptors (Lipinski definition) is 2. The van der Waals surface area contributed by atoms with Gasteiger partial charge in [-0.3, -0.25) is 0 Å². The second kappa shape index (κ2) is 4.67. The fourth-order valence-electron chi connectivity index (χ4n) is 2.35. The van der Waals surface area contributed by atoms with Crippen LogP contribution in [0.1, 0.15) is 31.7 Å². The van der Waals surface area contributed by atoms with Crippen molar-refractivity contribution >= 4 is 0 Å². The lowest BCUT2D eigenvalue weighted by molar-refractivity contribution is 0.415. The van der Waals surface area contributed by atoms with Crippen LogP contribution in [-0.2, 0) is 6.54 Å². The van der Waals surface area contributed by atoms with Crippen molar-refractivity contribution in [2.75, 3.05) is 0 Å². The highest BCUT2D eigenvalue weighted by Crippen LogP contribution is 2.25. The number of benzene rings is 1. The Labute approximate surface area is 91.3 Å². The average Bonchev–Trinajstić information content (AvgIpc) is 2.63. The fourth-order valence-corrected chi connectivity index (χ4v) is 2.35. The molecule has 0 heterocycles. The monoisotopic (exact) mass is 205 g/mol. The molecular formula is C13H19NO. The standard InChI is InChI=1S/C13H19NO/c1-10-5-4-7-12(10)14-9-11-6-2-3-8-13(11)15/h2-3,6,8,10,12,14-15H,4-5,7,9H2,1H3. The van der Waals surface area contributed by atoms with Crippen molar-refractivity contribution in [3.05, 3.63) is 29.8 Å². The van der Waals surface area contributed by atoms with Gasteiger partial charge in [-0.1, -0.05) is 31.5 Å². The van der Waals surface area contributed by atoms with E-state index in [9.17, 15) is 5.11 Å². The number of phenolic OH excluding ortho intramolecular Hbond substituents is 1. The predicted molar refractivity (Wildman–Crippen MR) is 61.7 cm³/mol. The highest BCUT2D eigenvalue weighted by Gasteiger charge is 2.22. The number of rotatable bonds is 3. The largest absolute Gasteiger partial charge is 0.508 e. The molecule has 0 bridgehead atoms. The third-order valence-corrected chi connectivity index (χ3v) is 3.41. The van der Waals surface area contributed by atoms with Crippen molar-refractivity contribution in [2.24, 2.45) is 5.92 Å². The van der Waals surface area contributed by atoms with Gasteiger partial charge in [0.2, 0.25) is 0 Å². The molecule has 2 N–H and O–H groups in total. The summed E-state index contributed by atoms with van der Waals surface area (Å²) in [6, 6.07) is 8.17. The zero-order chi connectivity index (χ0) is 10.7. The van der Waals surface area contributed by atoms with Crippen molar-refractivity contribution in [1.29, 1.82) is 0 Å². The van der Waals surface area contributed by atoms with E-state index in [-0.39, 0.29) is 0 Å². The summed E-state index contributed by atoms with van der Waals surface area (Å²) in [7, 11) is 0. The van der Waals surface area contributed by atoms with E-state index in [1.165, 1.54) is 19.3 Å². The first kappa shape index (κ1) is 10.5. The molecule has 0 aliphatic heterocycles. The van der Waals surface area contributed by atoms with E-state index in [0.717, 1.165) is 18.0 Å². The molecule has 1 aliphatic rings. The Bertz CT molecular complexity index is 324. The summed E-state index contributed by atoms with van der Waals surface area (Å²) in [6.07, 6.45) is 3.94. The number of phenols is 1. The summed E-state index contributed by atoms with van der Waals surface area (Å²) in [5.41, 5.74) is 0.997. The third-order valence-electron chi connectivity index (χ3n) is 3.41. The van der Waals surface area contributed by atoms with Crippen LogP contribution in [-0.4, -0.2) is 11.1 Å². The lowest BCUT2D eigenvalue weighted by Gasteiger charge is -2.17. The zero-order valence-corrected chi connectivity index (χ0v) is 9.24. The van der Waals surface area contributed by atoms with Gasteiger partial charge in [-0.15, -0.1) is 0 Å². The van der Waals surface area contributed by atoms with Crippen LogP contribution in [0.2, 0.25) is 0 Å². The number of hydrogen-bond donors (Lipinski definition) is 2. The van der Waals surface area contributed by atoms with Crippen molar-refractivity contribution in [3.63, 3.8) is 0 Å². The summed E-state index contributed by atoms with van der Waals surface area (Å²) in [4.78, 5) is 0. The Morgan fingerprint density at radius 3 is 2.80 bits per heavy atom. The minimum Gasteiger partial charge on any atom is -0.508 e. The van der Waals surface area contributed by atoms with Crippen molar-refractivity contribution in [2.45, 2.75) is 38.8 Å². The maximum atomic E-state index is 9.61. The molecule has 2 nitrogen and oxygen atoms in total. The Morgan fingerprint density at radius 1 is 1.33 bits per heavy atom. The predicted octanol–water partition coefficient (Wildman–Crippen LogP) is 2.67. The van der Waals surface area contributed by atoms with Gasteiger partial charge < -0.3 is 10.4 Å². The lowest BCUT2D eigenvalue weighted by atomic mass is 10.1. The van der Waals surface area contributed by atoms with Crippen molar-refractivity contribution in [1.82, 2.24) is 5.32 Å². The molecule has 1 aromatic rings. The van der Waals surface area contributed by atoms with E-state index in [0.29, 0.717) is 11.8 Å². The van der Waals surface area contributed by atoms with E-state index in [1.807, 2.05) is 18.2 Å². The SMILES string of the molecule is CC1CCCC1NCc1ccccc1O. The van der Waals surface area contributed by atoms with Gasteiger partial charge in [0.25, 0.3) is 0 Å². The van der Waals surface area contributed by atoms with E-state index in [1.54, 1.807) is 6.07 Å². The Balaban J connectivity index is 1.90. The van der Waals surface area contributed by atoms with Crippen LogP contribution in [0.15, 0.2) is 24.3 Å². The zero-order valence-electron chi connectivity index (χ0n) is 9.24. The smallest absolute Gasteiger partial charge is 0.120 e. The molecule has 0 spiro atoms. The van der Waals surface area contributed by atoms with Crippen LogP contribution in [0.5, 0.6) is 5.75 Å². The summed E-state index contributed by atoms with van der Waals surface area (Å²) >= 11 is 0. The van der Waals surface area contributed by atoms with E-state index >= 15 is 0 Å². The average molecular weight is 205 g/mol. The summed E-state index contributed by atoms with van der Waals surface area (Å²) < 4.78 is 0. The van der Waals surface area contributed by atoms with Crippen LogP contribution in [0, 0.1) is 5.92 Å². The van der Waals surface area contributed by atoms with Gasteiger partial charge in [0.15, 0.2) is 0 Å². The van der Waals surface area contributed by atoms with E-state index < -0.39 is 0 Å². The number of nitrogens with one attached hydrogen (secondary N) is 1. The first-order valence-corrected chi connectivity index (χ1v) is 5.77. The van der Waals surface area contributed by atoms with Crippen LogP contribution in [0.3, 0.4) is 0 Å². The van der Waals surface area contributed by atoms with Gasteiger partial charge >= 0.3 is 0 Å². The molecule has 2 heteroatoms. The quantitative estimate of drug-likeness (QED) is 0.795. The molecule has 2 rings (SSSR count). The Kier molecular flexibility index (Phi) is 3.27. The number of aromatic hydroxyl groups is 1. The van der Waals surface area contributed by atoms with Crippen LogP contribution in [0.4, 0.5) is 0 Å². The fraction of sp³-hybridized carbons (Fsp3) is 0.538. The summed E-state index contributed by atoms with van der Waals surface area (Å²) in [5, 5.41) is 13.1. The molecule has 1 fully saturated rings. The maximum absolute atomic E-state index is 9.61. The molecule has 0 amide bonds. The first-order chi connectivity index (χ1) is 7.27. The normalized spacial score (nSPS) is 25.7. The van der Waals surface area contributed by atoms with Crippen LogP contribution in [0.25, 0.3) is 0 Å². The maximum Gasteiger partial charge on any atom is 0.120 e. The minimum atomic E-state index is 0.399. The first-order valence-electron chi connectivity index (χ1n) is 5.77. The van der Waals surface area contributed by atoms with Gasteiger partial charge in [0, 0.05) is 18.2 Å². The van der Waals surface area contributed by atoms with E-state index in [4.69, 9.17) is 0 Å². The Morgan fingerprint density at radius 2 is 2.13 bits per heavy atom. The topological polar surface area (TPSA) is 32.3 Å². The molecule has 1 aromatic carbocycles. The van der Waals surface area contributed by atoms with Gasteiger partial charge in [0.05, 0.1) is 0 Å². The van der Waals surface area contributed by atoms with Gasteiger partial charge in [-0.2, -0.15) is 0 Å². The second-order valence-electron chi connectivity index (χ2n) is 4.52. The highest BCUT2D eigenvalue weighted by molar-refractivity contribution is 5.31. The molecular weight excluding hydrogens is 186 g/mol. The van der Waals surface area contributed by atoms with Crippen LogP contribution < -0.4 is 5.32 Å². The van der Waals surface area contributed by atoms with Gasteiger partial charge in [-0.25, -0.2) is 0 Å². The van der Waals surface area contributed by atoms with Crippen LogP contribution >= 0.6 is 0 Å². The number of para-hydroxylation sites is 1. The molecule has 0 aromatic heterocycles. The molecule has 2 unspecified atom stereocenters. The molecule has 2 atom stereocenters. The van der Waals surface area contributed by atoms with Gasteiger partial charge in [-0.05, 0) is 24.8 Å². The second-order valence-corrected chi connectivity index (χ2v) is 4.52. The molecule has 1 saturated carbocycles. The van der Waals surface area contributed by atoms with Crippen molar-refractivity contribution < 1.29 is 5.11 Å². The molecule has 0 saturated heterocycles. The summed E-state index contributed by atoms with van der Waals surface area (Å²) in [6.45, 7) is 3.08. The minimum absolute atomic E-state index is 0.399. The molecule has 0 radical (unpaired) electrons. The lowest BCUT2D eigenvalue weighted by Crippen LogP contribution is -2.30. The van der Waals surface area contributed by atoms with E-state index in [2.05, 4.69) is 12.2 Å². The van der Waals surface area contributed by atoms with Crippen molar-refractivity contribution in [3.8, 4) is 5.75 Å². The molecule has 15 heavy (non-hydrogen) atoms. The van der Waals surface area contributed by atoms with Gasteiger partial charge in [0.1, 0.15) is 5.75 Å². The summed E-state index contributed by atoms with van der Waals surface area (Å²) in [5.74, 6) is 1.17. The Hall–Kier alpha value is -1.02. The molecule has 82 valence electrons. The third kappa shape index (κ3) is 2.51.